The summed E-state index contributed by atoms with van der Waals surface area (Å²) in [6.45, 7) is 6.15. The predicted molar refractivity (Wildman–Crippen MR) is 119 cm³/mol. The number of nitrogens with zero attached hydrogens (tertiary/aromatic N) is 4. The molecule has 0 bridgehead atoms. The molecule has 31 heavy (non-hydrogen) atoms. The fourth-order valence-corrected chi connectivity index (χ4v) is 4.27. The van der Waals surface area contributed by atoms with Crippen LogP contribution in [0.1, 0.15) is 32.0 Å². The Kier molecular flexibility index (Phi) is 5.57. The lowest BCUT2D eigenvalue weighted by Gasteiger charge is -2.17. The number of H-pyrrole nitrogens is 1. The van der Waals surface area contributed by atoms with Gasteiger partial charge in [-0.25, -0.2) is 4.98 Å². The molecule has 1 aliphatic heterocycles. The third-order valence-electron chi connectivity index (χ3n) is 4.85. The zero-order valence-electron chi connectivity index (χ0n) is 17.5. The van der Waals surface area contributed by atoms with Gasteiger partial charge in [0, 0.05) is 36.1 Å². The first-order valence-corrected chi connectivity index (χ1v) is 10.8. The van der Waals surface area contributed by atoms with Crippen LogP contribution in [-0.4, -0.2) is 48.9 Å². The average molecular weight is 442 g/mol. The van der Waals surface area contributed by atoms with Crippen LogP contribution in [0.15, 0.2) is 41.9 Å². The van der Waals surface area contributed by atoms with E-state index in [9.17, 15) is 14.9 Å². The molecular formula is C21H23N5O4S. The van der Waals surface area contributed by atoms with Gasteiger partial charge >= 0.3 is 5.97 Å². The number of hydrogen-bond acceptors (Lipinski definition) is 7. The number of benzene rings is 1. The zero-order valence-corrected chi connectivity index (χ0v) is 18.3. The number of aliphatic imine (C=N–C) groups is 1. The Bertz CT molecular complexity index is 1160. The lowest BCUT2D eigenvalue weighted by atomic mass is 9.97. The number of nitro groups is 1. The van der Waals surface area contributed by atoms with Crippen LogP contribution in [0, 0.1) is 15.5 Å². The van der Waals surface area contributed by atoms with Crippen molar-refractivity contribution in [3.63, 3.8) is 0 Å². The number of ether oxygens (including phenoxy) is 1. The molecule has 2 aromatic heterocycles. The topological polar surface area (TPSA) is 115 Å². The van der Waals surface area contributed by atoms with Crippen LogP contribution >= 0.6 is 11.8 Å². The number of nitro benzene ring substituents is 1. The fraction of sp³-hybridized carbons (Fsp3) is 0.381. The number of aromatic amines is 1. The molecule has 1 aromatic carbocycles. The smallest absolute Gasteiger partial charge is 0.311 e. The van der Waals surface area contributed by atoms with Crippen molar-refractivity contribution in [1.82, 2.24) is 14.5 Å². The van der Waals surface area contributed by atoms with Crippen LogP contribution in [0.2, 0.25) is 0 Å². The second-order valence-corrected chi connectivity index (χ2v) is 9.51. The van der Waals surface area contributed by atoms with E-state index in [1.54, 1.807) is 30.4 Å². The summed E-state index contributed by atoms with van der Waals surface area (Å²) in [5.41, 5.74) is 1.49. The number of thioether (sulfide) groups is 1. The summed E-state index contributed by atoms with van der Waals surface area (Å²) in [6.07, 6.45) is 5.16. The largest absolute Gasteiger partial charge is 0.463 e. The van der Waals surface area contributed by atoms with Crippen molar-refractivity contribution >= 4 is 39.4 Å². The summed E-state index contributed by atoms with van der Waals surface area (Å²) in [6, 6.07) is 5.27. The minimum atomic E-state index is -0.553. The van der Waals surface area contributed by atoms with Crippen LogP contribution in [0.25, 0.3) is 10.9 Å². The molecule has 0 radical (unpaired) electrons. The van der Waals surface area contributed by atoms with Gasteiger partial charge in [0.1, 0.15) is 17.2 Å². The van der Waals surface area contributed by atoms with Gasteiger partial charge < -0.3 is 14.3 Å². The van der Waals surface area contributed by atoms with Crippen LogP contribution in [0.3, 0.4) is 0 Å². The van der Waals surface area contributed by atoms with Gasteiger partial charge in [-0.05, 0) is 38.5 Å². The number of non-ortho nitro benzene ring substituents is 1. The summed E-state index contributed by atoms with van der Waals surface area (Å²) in [4.78, 5) is 35.1. The van der Waals surface area contributed by atoms with Crippen molar-refractivity contribution in [1.29, 1.82) is 0 Å². The second-order valence-electron chi connectivity index (χ2n) is 8.50. The second kappa shape index (κ2) is 8.18. The number of carbonyl (C=O) groups is 1. The molecule has 9 nitrogen and oxygen atoms in total. The molecule has 0 saturated carbocycles. The Labute approximate surface area is 183 Å². The molecule has 0 saturated heterocycles. The highest BCUT2D eigenvalue weighted by Crippen LogP contribution is 2.31. The molecule has 0 aliphatic carbocycles. The number of aromatic nitrogens is 3. The van der Waals surface area contributed by atoms with E-state index in [-0.39, 0.29) is 29.2 Å². The van der Waals surface area contributed by atoms with Crippen molar-refractivity contribution in [3.8, 4) is 0 Å². The van der Waals surface area contributed by atoms with Gasteiger partial charge in [-0.2, -0.15) is 0 Å². The Morgan fingerprint density at radius 2 is 2.19 bits per heavy atom. The normalized spacial score (nSPS) is 16.5. The Morgan fingerprint density at radius 1 is 1.39 bits per heavy atom. The molecule has 1 aliphatic rings. The molecule has 162 valence electrons. The number of hydrogen-bond donors (Lipinski definition) is 1. The molecule has 1 unspecified atom stereocenters. The number of carbonyl (C=O) groups excluding carboxylic acids is 1. The quantitative estimate of drug-likeness (QED) is 0.354. The van der Waals surface area contributed by atoms with Gasteiger partial charge in [-0.15, -0.1) is 11.8 Å². The number of fused-ring (bicyclic) bond motifs is 1. The lowest BCUT2D eigenvalue weighted by Crippen LogP contribution is -2.26. The van der Waals surface area contributed by atoms with Crippen LogP contribution in [0.5, 0.6) is 0 Å². The summed E-state index contributed by atoms with van der Waals surface area (Å²) >= 11 is 1.55. The van der Waals surface area contributed by atoms with Crippen molar-refractivity contribution in [2.45, 2.75) is 33.4 Å². The molecular weight excluding hydrogens is 418 g/mol. The van der Waals surface area contributed by atoms with Gasteiger partial charge in [0.05, 0.1) is 28.4 Å². The molecule has 0 spiro atoms. The highest BCUT2D eigenvalue weighted by atomic mass is 32.2. The number of rotatable bonds is 6. The van der Waals surface area contributed by atoms with Gasteiger partial charge in [-0.3, -0.25) is 19.9 Å². The SMILES string of the molecule is CC(C)(C)C(=O)OCC1CSC(c2cc3cc(Cn4ccnc4)cc([N+](=O)[O-])c3[nH]2)=N1. The Hall–Kier alpha value is -3.14. The highest BCUT2D eigenvalue weighted by Gasteiger charge is 2.27. The maximum absolute atomic E-state index is 12.0. The van der Waals surface area contributed by atoms with Crippen molar-refractivity contribution in [2.24, 2.45) is 10.4 Å². The van der Waals surface area contributed by atoms with E-state index in [2.05, 4.69) is 15.0 Å². The number of nitrogens with one attached hydrogen (secondary N) is 1. The lowest BCUT2D eigenvalue weighted by molar-refractivity contribution is -0.383. The minimum absolute atomic E-state index is 0.0260. The standard InChI is InChI=1S/C21H23N5O4S/c1-21(2,3)20(27)30-10-15-11-31-19(23-15)16-8-14-6-13(9-25-5-4-22-12-25)7-17(26(28)29)18(14)24-16/h4-8,12,15,24H,9-11H2,1-3H3. The molecule has 3 aromatic rings. The van der Waals surface area contributed by atoms with Crippen molar-refractivity contribution in [3.05, 3.63) is 58.3 Å². The Balaban J connectivity index is 1.58. The minimum Gasteiger partial charge on any atom is -0.463 e. The fourth-order valence-electron chi connectivity index (χ4n) is 3.26. The summed E-state index contributed by atoms with van der Waals surface area (Å²) in [7, 11) is 0. The van der Waals surface area contributed by atoms with Crippen molar-refractivity contribution in [2.75, 3.05) is 12.4 Å². The zero-order chi connectivity index (χ0) is 22.2. The van der Waals surface area contributed by atoms with Crippen molar-refractivity contribution < 1.29 is 14.5 Å². The van der Waals surface area contributed by atoms with E-state index >= 15 is 0 Å². The first-order valence-electron chi connectivity index (χ1n) is 9.84. The van der Waals surface area contributed by atoms with Crippen LogP contribution in [-0.2, 0) is 16.1 Å². The van der Waals surface area contributed by atoms with Crippen LogP contribution < -0.4 is 0 Å². The maximum Gasteiger partial charge on any atom is 0.311 e. The molecule has 0 fully saturated rings. The first-order chi connectivity index (χ1) is 14.7. The Morgan fingerprint density at radius 3 is 2.87 bits per heavy atom. The number of esters is 1. The summed E-state index contributed by atoms with van der Waals surface area (Å²) in [5.74, 6) is 0.434. The van der Waals surface area contributed by atoms with E-state index in [0.717, 1.165) is 21.7 Å². The average Bonchev–Trinajstić information content (AvgIpc) is 3.44. The molecule has 1 N–H and O–H groups in total. The van der Waals surface area contributed by atoms with E-state index < -0.39 is 5.41 Å². The van der Waals surface area contributed by atoms with E-state index in [0.29, 0.717) is 17.8 Å². The van der Waals surface area contributed by atoms with E-state index in [1.807, 2.05) is 43.7 Å². The number of imidazole rings is 1. The molecule has 4 rings (SSSR count). The van der Waals surface area contributed by atoms with E-state index in [1.165, 1.54) is 0 Å². The third kappa shape index (κ3) is 4.63. The molecule has 3 heterocycles. The van der Waals surface area contributed by atoms with Crippen LogP contribution in [0.4, 0.5) is 5.69 Å². The van der Waals surface area contributed by atoms with Gasteiger partial charge in [0.25, 0.3) is 5.69 Å². The monoisotopic (exact) mass is 441 g/mol. The summed E-state index contributed by atoms with van der Waals surface area (Å²) < 4.78 is 7.24. The maximum atomic E-state index is 12.0. The first kappa shape index (κ1) is 21.1. The molecule has 0 amide bonds. The predicted octanol–water partition coefficient (Wildman–Crippen LogP) is 3.77. The van der Waals surface area contributed by atoms with E-state index in [4.69, 9.17) is 4.74 Å². The highest BCUT2D eigenvalue weighted by molar-refractivity contribution is 8.14. The van der Waals surface area contributed by atoms with Gasteiger partial charge in [-0.1, -0.05) is 0 Å². The molecule has 1 atom stereocenters. The third-order valence-corrected chi connectivity index (χ3v) is 6.00. The van der Waals surface area contributed by atoms with Gasteiger partial charge in [0.2, 0.25) is 0 Å². The summed E-state index contributed by atoms with van der Waals surface area (Å²) in [5, 5.41) is 13.2. The molecule has 10 heteroatoms. The van der Waals surface area contributed by atoms with Gasteiger partial charge in [0.15, 0.2) is 0 Å².